The molecule has 2 aliphatic rings. The van der Waals surface area contributed by atoms with Gasteiger partial charge in [0.05, 0.1) is 12.5 Å². The maximum atomic E-state index is 12.7. The van der Waals surface area contributed by atoms with E-state index in [2.05, 4.69) is 50.4 Å². The summed E-state index contributed by atoms with van der Waals surface area (Å²) in [6.07, 6.45) is 9.37. The molecule has 2 saturated heterocycles. The Morgan fingerprint density at radius 2 is 1.93 bits per heavy atom. The molecule has 1 N–H and O–H groups in total. The smallest absolute Gasteiger partial charge is 0.224 e. The van der Waals surface area contributed by atoms with E-state index in [4.69, 9.17) is 0 Å². The number of aromatic nitrogens is 2. The average molecular weight is 410 g/mol. The number of imidazole rings is 1. The van der Waals surface area contributed by atoms with Gasteiger partial charge in [-0.3, -0.25) is 9.69 Å². The van der Waals surface area contributed by atoms with Crippen molar-refractivity contribution in [2.75, 3.05) is 32.7 Å². The van der Waals surface area contributed by atoms with Gasteiger partial charge in [0.25, 0.3) is 0 Å². The van der Waals surface area contributed by atoms with Crippen molar-refractivity contribution in [1.29, 1.82) is 0 Å². The number of aryl methyl sites for hydroxylation is 1. The van der Waals surface area contributed by atoms with E-state index in [0.717, 1.165) is 44.7 Å². The summed E-state index contributed by atoms with van der Waals surface area (Å²) in [6.45, 7) is 6.04. The van der Waals surface area contributed by atoms with Gasteiger partial charge in [-0.05, 0) is 57.3 Å². The molecule has 0 saturated carbocycles. The van der Waals surface area contributed by atoms with E-state index in [-0.39, 0.29) is 11.8 Å². The lowest BCUT2D eigenvalue weighted by Crippen LogP contribution is -2.51. The molecule has 1 atom stereocenters. The summed E-state index contributed by atoms with van der Waals surface area (Å²) in [6, 6.07) is 11.4. The molecular weight excluding hydrogens is 374 g/mol. The summed E-state index contributed by atoms with van der Waals surface area (Å²) in [5.74, 6) is 1.19. The Bertz CT molecular complexity index is 797. The van der Waals surface area contributed by atoms with Gasteiger partial charge in [0, 0.05) is 38.6 Å². The second kappa shape index (κ2) is 10.2. The summed E-state index contributed by atoms with van der Waals surface area (Å²) in [5, 5.41) is 3.10. The SMILES string of the molecule is Cn1ccnc1CNC(=O)[C@H]1CCCN(C2CCN(CCc3ccccc3)CC2)C1. The monoisotopic (exact) mass is 409 g/mol. The van der Waals surface area contributed by atoms with Crippen LogP contribution in [0.25, 0.3) is 0 Å². The minimum Gasteiger partial charge on any atom is -0.349 e. The van der Waals surface area contributed by atoms with Crippen LogP contribution in [0.5, 0.6) is 0 Å². The number of benzene rings is 1. The number of rotatable bonds is 7. The normalized spacial score (nSPS) is 21.6. The van der Waals surface area contributed by atoms with E-state index < -0.39 is 0 Å². The molecule has 0 aliphatic carbocycles. The van der Waals surface area contributed by atoms with Crippen LogP contribution in [0.4, 0.5) is 0 Å². The molecule has 4 rings (SSSR count). The molecule has 0 radical (unpaired) electrons. The van der Waals surface area contributed by atoms with Crippen LogP contribution >= 0.6 is 0 Å². The second-order valence-corrected chi connectivity index (χ2v) is 8.81. The molecule has 0 unspecified atom stereocenters. The molecule has 2 aromatic rings. The highest BCUT2D eigenvalue weighted by Gasteiger charge is 2.31. The van der Waals surface area contributed by atoms with Gasteiger partial charge in [0.1, 0.15) is 5.82 Å². The molecule has 30 heavy (non-hydrogen) atoms. The number of amides is 1. The lowest BCUT2D eigenvalue weighted by Gasteiger charge is -2.42. The van der Waals surface area contributed by atoms with Gasteiger partial charge in [-0.15, -0.1) is 0 Å². The van der Waals surface area contributed by atoms with Crippen LogP contribution in [0.3, 0.4) is 0 Å². The topological polar surface area (TPSA) is 53.4 Å². The first-order chi connectivity index (χ1) is 14.7. The first-order valence-corrected chi connectivity index (χ1v) is 11.4. The maximum Gasteiger partial charge on any atom is 0.224 e. The Morgan fingerprint density at radius 1 is 1.13 bits per heavy atom. The number of likely N-dealkylation sites (tertiary alicyclic amines) is 2. The fraction of sp³-hybridized carbons (Fsp3) is 0.583. The van der Waals surface area contributed by atoms with E-state index in [1.807, 2.05) is 17.8 Å². The summed E-state index contributed by atoms with van der Waals surface area (Å²) in [5.41, 5.74) is 1.43. The number of hydrogen-bond acceptors (Lipinski definition) is 4. The molecule has 1 amide bonds. The molecule has 3 heterocycles. The Balaban J connectivity index is 1.20. The average Bonchev–Trinajstić information content (AvgIpc) is 3.22. The van der Waals surface area contributed by atoms with Crippen molar-refractivity contribution in [3.8, 4) is 0 Å². The summed E-state index contributed by atoms with van der Waals surface area (Å²) in [7, 11) is 1.96. The standard InChI is InChI=1S/C24H35N5O/c1-27-17-12-25-23(27)18-26-24(30)21-8-5-13-29(19-21)22-10-15-28(16-11-22)14-9-20-6-3-2-4-7-20/h2-4,6-7,12,17,21-22H,5,8-11,13-16,18-19H2,1H3,(H,26,30)/t21-/m0/s1. The zero-order valence-electron chi connectivity index (χ0n) is 18.2. The maximum absolute atomic E-state index is 12.7. The van der Waals surface area contributed by atoms with E-state index in [1.54, 1.807) is 6.20 Å². The molecular formula is C24H35N5O. The number of hydrogen-bond donors (Lipinski definition) is 1. The molecule has 2 aliphatic heterocycles. The highest BCUT2D eigenvalue weighted by atomic mass is 16.1. The van der Waals surface area contributed by atoms with Crippen molar-refractivity contribution in [1.82, 2.24) is 24.7 Å². The van der Waals surface area contributed by atoms with Gasteiger partial charge < -0.3 is 14.8 Å². The van der Waals surface area contributed by atoms with Crippen molar-refractivity contribution >= 4 is 5.91 Å². The van der Waals surface area contributed by atoms with Crippen molar-refractivity contribution in [2.45, 2.75) is 44.7 Å². The van der Waals surface area contributed by atoms with Gasteiger partial charge in [0.2, 0.25) is 5.91 Å². The minimum absolute atomic E-state index is 0.107. The predicted molar refractivity (Wildman–Crippen MR) is 119 cm³/mol. The van der Waals surface area contributed by atoms with Gasteiger partial charge in [-0.1, -0.05) is 30.3 Å². The highest BCUT2D eigenvalue weighted by molar-refractivity contribution is 5.78. The van der Waals surface area contributed by atoms with Crippen LogP contribution in [0.1, 0.15) is 37.1 Å². The molecule has 0 spiro atoms. The fourth-order valence-corrected chi connectivity index (χ4v) is 4.87. The summed E-state index contributed by atoms with van der Waals surface area (Å²) in [4.78, 5) is 22.2. The molecule has 162 valence electrons. The number of piperidine rings is 2. The number of carbonyl (C=O) groups excluding carboxylic acids is 1. The zero-order valence-corrected chi connectivity index (χ0v) is 18.2. The molecule has 6 nitrogen and oxygen atoms in total. The quantitative estimate of drug-likeness (QED) is 0.763. The third-order valence-electron chi connectivity index (χ3n) is 6.80. The molecule has 0 bridgehead atoms. The third kappa shape index (κ3) is 5.49. The van der Waals surface area contributed by atoms with Crippen molar-refractivity contribution in [2.24, 2.45) is 13.0 Å². The predicted octanol–water partition coefficient (Wildman–Crippen LogP) is 2.46. The van der Waals surface area contributed by atoms with Crippen LogP contribution < -0.4 is 5.32 Å². The van der Waals surface area contributed by atoms with Gasteiger partial charge in [-0.2, -0.15) is 0 Å². The molecule has 2 fully saturated rings. The number of carbonyl (C=O) groups is 1. The van der Waals surface area contributed by atoms with Crippen molar-refractivity contribution < 1.29 is 4.79 Å². The lowest BCUT2D eigenvalue weighted by atomic mass is 9.93. The van der Waals surface area contributed by atoms with Gasteiger partial charge >= 0.3 is 0 Å². The Morgan fingerprint density at radius 3 is 2.67 bits per heavy atom. The Kier molecular flexibility index (Phi) is 7.18. The molecule has 1 aromatic carbocycles. The van der Waals surface area contributed by atoms with Gasteiger partial charge in [0.15, 0.2) is 0 Å². The first kappa shape index (κ1) is 21.1. The zero-order chi connectivity index (χ0) is 20.8. The van der Waals surface area contributed by atoms with Crippen LogP contribution in [0, 0.1) is 5.92 Å². The third-order valence-corrected chi connectivity index (χ3v) is 6.80. The number of nitrogens with one attached hydrogen (secondary N) is 1. The first-order valence-electron chi connectivity index (χ1n) is 11.4. The van der Waals surface area contributed by atoms with Crippen molar-refractivity contribution in [3.05, 3.63) is 54.1 Å². The Hall–Kier alpha value is -2.18. The lowest BCUT2D eigenvalue weighted by molar-refractivity contribution is -0.127. The summed E-state index contributed by atoms with van der Waals surface area (Å²) < 4.78 is 1.96. The van der Waals surface area contributed by atoms with Crippen LogP contribution in [-0.4, -0.2) is 64.0 Å². The highest BCUT2D eigenvalue weighted by Crippen LogP contribution is 2.24. The number of nitrogens with zero attached hydrogens (tertiary/aromatic N) is 4. The van der Waals surface area contributed by atoms with E-state index in [9.17, 15) is 4.79 Å². The van der Waals surface area contributed by atoms with Crippen molar-refractivity contribution in [3.63, 3.8) is 0 Å². The molecule has 6 heteroatoms. The van der Waals surface area contributed by atoms with Crippen LogP contribution in [-0.2, 0) is 24.8 Å². The Labute approximate surface area is 180 Å². The van der Waals surface area contributed by atoms with Crippen LogP contribution in [0.2, 0.25) is 0 Å². The fourth-order valence-electron chi connectivity index (χ4n) is 4.87. The molecule has 1 aromatic heterocycles. The van der Waals surface area contributed by atoms with E-state index in [0.29, 0.717) is 12.6 Å². The van der Waals surface area contributed by atoms with Crippen LogP contribution in [0.15, 0.2) is 42.7 Å². The van der Waals surface area contributed by atoms with Gasteiger partial charge in [-0.25, -0.2) is 4.98 Å². The van der Waals surface area contributed by atoms with E-state index >= 15 is 0 Å². The summed E-state index contributed by atoms with van der Waals surface area (Å²) >= 11 is 0. The largest absolute Gasteiger partial charge is 0.349 e. The van der Waals surface area contributed by atoms with E-state index in [1.165, 1.54) is 31.5 Å². The minimum atomic E-state index is 0.107. The second-order valence-electron chi connectivity index (χ2n) is 8.81.